The minimum absolute atomic E-state index is 0.0650. The Morgan fingerprint density at radius 3 is 2.84 bits per heavy atom. The summed E-state index contributed by atoms with van der Waals surface area (Å²) in [6, 6.07) is 0.630. The van der Waals surface area contributed by atoms with Crippen molar-refractivity contribution in [2.75, 3.05) is 6.54 Å². The molecule has 1 saturated carbocycles. The minimum Gasteiger partial charge on any atom is -0.355 e. The largest absolute Gasteiger partial charge is 0.355 e. The molecule has 2 fully saturated rings. The van der Waals surface area contributed by atoms with Crippen LogP contribution in [0.3, 0.4) is 0 Å². The normalized spacial score (nSPS) is 33.3. The molecule has 0 aromatic carbocycles. The van der Waals surface area contributed by atoms with Gasteiger partial charge in [-0.2, -0.15) is 0 Å². The Morgan fingerprint density at radius 2 is 2.00 bits per heavy atom. The van der Waals surface area contributed by atoms with E-state index in [9.17, 15) is 4.79 Å². The van der Waals surface area contributed by atoms with E-state index in [2.05, 4.69) is 17.6 Å². The lowest BCUT2D eigenvalue weighted by molar-refractivity contribution is -0.123. The van der Waals surface area contributed by atoms with Crippen LogP contribution < -0.4 is 10.6 Å². The molecule has 0 aromatic heterocycles. The monoisotopic (exact) mass is 266 g/mol. The van der Waals surface area contributed by atoms with Crippen molar-refractivity contribution < 1.29 is 4.79 Å². The third kappa shape index (κ3) is 4.79. The van der Waals surface area contributed by atoms with Gasteiger partial charge in [0.15, 0.2) is 0 Å². The molecule has 3 heteroatoms. The Labute approximate surface area is 117 Å². The molecule has 2 aliphatic rings. The summed E-state index contributed by atoms with van der Waals surface area (Å²) in [5.41, 5.74) is 0. The molecule has 1 aliphatic heterocycles. The highest BCUT2D eigenvalue weighted by Crippen LogP contribution is 2.27. The molecule has 19 heavy (non-hydrogen) atoms. The van der Waals surface area contributed by atoms with Crippen LogP contribution in [0.4, 0.5) is 0 Å². The topological polar surface area (TPSA) is 41.1 Å². The number of hydrogen-bond donors (Lipinski definition) is 2. The molecule has 0 aromatic rings. The van der Waals surface area contributed by atoms with Gasteiger partial charge in [0, 0.05) is 12.6 Å². The number of carbonyl (C=O) groups excluding carboxylic acids is 1. The zero-order valence-electron chi connectivity index (χ0n) is 12.4. The summed E-state index contributed by atoms with van der Waals surface area (Å²) in [4.78, 5) is 12.0. The second-order valence-electron chi connectivity index (χ2n) is 6.37. The van der Waals surface area contributed by atoms with E-state index in [1.807, 2.05) is 0 Å². The lowest BCUT2D eigenvalue weighted by atomic mass is 9.95. The molecule has 1 amide bonds. The van der Waals surface area contributed by atoms with Crippen molar-refractivity contribution in [1.29, 1.82) is 0 Å². The van der Waals surface area contributed by atoms with Crippen molar-refractivity contribution in [2.24, 2.45) is 5.92 Å². The lowest BCUT2D eigenvalue weighted by Gasteiger charge is -2.23. The molecule has 3 nitrogen and oxygen atoms in total. The van der Waals surface area contributed by atoms with Crippen LogP contribution in [0, 0.1) is 5.92 Å². The van der Waals surface area contributed by atoms with Crippen molar-refractivity contribution in [1.82, 2.24) is 10.6 Å². The highest BCUT2D eigenvalue weighted by molar-refractivity contribution is 5.81. The number of rotatable bonds is 4. The van der Waals surface area contributed by atoms with Crippen molar-refractivity contribution in [3.8, 4) is 0 Å². The zero-order valence-corrected chi connectivity index (χ0v) is 12.4. The van der Waals surface area contributed by atoms with Crippen LogP contribution in [0.1, 0.15) is 71.1 Å². The Morgan fingerprint density at radius 1 is 1.11 bits per heavy atom. The number of carbonyl (C=O) groups is 1. The molecule has 0 radical (unpaired) electrons. The molecule has 1 aliphatic carbocycles. The average Bonchev–Trinajstić information content (AvgIpc) is 2.73. The van der Waals surface area contributed by atoms with Gasteiger partial charge in [-0.3, -0.25) is 4.79 Å². The van der Waals surface area contributed by atoms with E-state index >= 15 is 0 Å². The van der Waals surface area contributed by atoms with Gasteiger partial charge >= 0.3 is 0 Å². The van der Waals surface area contributed by atoms with Gasteiger partial charge in [0.05, 0.1) is 6.04 Å². The van der Waals surface area contributed by atoms with Gasteiger partial charge < -0.3 is 10.6 Å². The molecule has 1 saturated heterocycles. The Balaban J connectivity index is 1.79. The van der Waals surface area contributed by atoms with E-state index in [-0.39, 0.29) is 11.9 Å². The maximum atomic E-state index is 12.0. The van der Waals surface area contributed by atoms with Crippen molar-refractivity contribution in [3.63, 3.8) is 0 Å². The Hall–Kier alpha value is -0.570. The predicted molar refractivity (Wildman–Crippen MR) is 79.1 cm³/mol. The third-order valence-electron chi connectivity index (χ3n) is 4.76. The summed E-state index contributed by atoms with van der Waals surface area (Å²) in [6.45, 7) is 3.15. The minimum atomic E-state index is 0.0650. The van der Waals surface area contributed by atoms with Crippen molar-refractivity contribution in [3.05, 3.63) is 0 Å². The number of nitrogens with one attached hydrogen (secondary N) is 2. The lowest BCUT2D eigenvalue weighted by Crippen LogP contribution is -2.47. The van der Waals surface area contributed by atoms with Crippen LogP contribution in [0.2, 0.25) is 0 Å². The van der Waals surface area contributed by atoms with E-state index in [4.69, 9.17) is 0 Å². The van der Waals surface area contributed by atoms with Gasteiger partial charge in [0.1, 0.15) is 0 Å². The summed E-state index contributed by atoms with van der Waals surface area (Å²) in [6.07, 6.45) is 12.6. The van der Waals surface area contributed by atoms with E-state index in [0.29, 0.717) is 6.04 Å². The fourth-order valence-electron chi connectivity index (χ4n) is 3.62. The Kier molecular flexibility index (Phi) is 6.15. The first kappa shape index (κ1) is 14.8. The number of hydrogen-bond acceptors (Lipinski definition) is 2. The molecule has 3 atom stereocenters. The zero-order chi connectivity index (χ0) is 13.5. The quantitative estimate of drug-likeness (QED) is 0.768. The summed E-state index contributed by atoms with van der Waals surface area (Å²) >= 11 is 0. The summed E-state index contributed by atoms with van der Waals surface area (Å²) in [5.74, 6) is 1.16. The first-order valence-corrected chi connectivity index (χ1v) is 8.33. The maximum absolute atomic E-state index is 12.0. The van der Waals surface area contributed by atoms with Crippen LogP contribution in [-0.4, -0.2) is 24.5 Å². The molecular formula is C16H30N2O. The summed E-state index contributed by atoms with van der Waals surface area (Å²) < 4.78 is 0. The molecule has 2 N–H and O–H groups in total. The highest BCUT2D eigenvalue weighted by atomic mass is 16.2. The first-order chi connectivity index (χ1) is 9.29. The van der Waals surface area contributed by atoms with Gasteiger partial charge in [0.25, 0.3) is 0 Å². The average molecular weight is 266 g/mol. The van der Waals surface area contributed by atoms with Gasteiger partial charge in [0.2, 0.25) is 5.91 Å². The van der Waals surface area contributed by atoms with Crippen LogP contribution in [0.15, 0.2) is 0 Å². The molecule has 3 unspecified atom stereocenters. The molecule has 2 rings (SSSR count). The fourth-order valence-corrected chi connectivity index (χ4v) is 3.62. The first-order valence-electron chi connectivity index (χ1n) is 8.33. The van der Waals surface area contributed by atoms with E-state index in [1.165, 1.54) is 51.4 Å². The highest BCUT2D eigenvalue weighted by Gasteiger charge is 2.25. The Bertz CT molecular complexity index is 280. The van der Waals surface area contributed by atoms with Crippen LogP contribution in [-0.2, 0) is 4.79 Å². The van der Waals surface area contributed by atoms with E-state index in [0.717, 1.165) is 25.3 Å². The maximum Gasteiger partial charge on any atom is 0.237 e. The second kappa shape index (κ2) is 7.88. The molecule has 0 spiro atoms. The number of amides is 1. The second-order valence-corrected chi connectivity index (χ2v) is 6.37. The van der Waals surface area contributed by atoms with Gasteiger partial charge in [-0.05, 0) is 44.4 Å². The predicted octanol–water partition coefficient (Wildman–Crippen LogP) is 2.99. The van der Waals surface area contributed by atoms with Crippen LogP contribution >= 0.6 is 0 Å². The van der Waals surface area contributed by atoms with Gasteiger partial charge in [-0.1, -0.05) is 32.6 Å². The van der Waals surface area contributed by atoms with E-state index < -0.39 is 0 Å². The summed E-state index contributed by atoms with van der Waals surface area (Å²) in [5, 5.41) is 6.67. The van der Waals surface area contributed by atoms with Gasteiger partial charge in [-0.25, -0.2) is 0 Å². The smallest absolute Gasteiger partial charge is 0.237 e. The fraction of sp³-hybridized carbons (Fsp3) is 0.938. The van der Waals surface area contributed by atoms with Gasteiger partial charge in [-0.15, -0.1) is 0 Å². The van der Waals surface area contributed by atoms with Crippen molar-refractivity contribution in [2.45, 2.75) is 83.2 Å². The SMILES string of the molecule is CCCC1CCCC(NC2CCCCNC2=O)CC1. The van der Waals surface area contributed by atoms with Crippen molar-refractivity contribution >= 4 is 5.91 Å². The summed E-state index contributed by atoms with van der Waals surface area (Å²) in [7, 11) is 0. The third-order valence-corrected chi connectivity index (χ3v) is 4.76. The molecule has 1 heterocycles. The standard InChI is InChI=1S/C16H30N2O/c1-2-6-13-7-5-8-14(11-10-13)18-15-9-3-4-12-17-16(15)19/h13-15,18H,2-12H2,1H3,(H,17,19). The molecular weight excluding hydrogens is 236 g/mol. The van der Waals surface area contributed by atoms with Crippen LogP contribution in [0.5, 0.6) is 0 Å². The van der Waals surface area contributed by atoms with E-state index in [1.54, 1.807) is 0 Å². The molecule has 0 bridgehead atoms. The van der Waals surface area contributed by atoms with Crippen LogP contribution in [0.25, 0.3) is 0 Å². The molecule has 110 valence electrons.